The number of hydrogen-bond acceptors (Lipinski definition) is 4. The third-order valence-corrected chi connectivity index (χ3v) is 4.56. The Balaban J connectivity index is 1.66. The van der Waals surface area contributed by atoms with Crippen LogP contribution in [0.15, 0.2) is 54.6 Å². The summed E-state index contributed by atoms with van der Waals surface area (Å²) in [6.07, 6.45) is 0. The molecule has 3 aromatic rings. The van der Waals surface area contributed by atoms with Gasteiger partial charge in [-0.2, -0.15) is 10.4 Å². The summed E-state index contributed by atoms with van der Waals surface area (Å²) >= 11 is 0. The molecule has 0 aliphatic heterocycles. The SMILES string of the molecule is Cc1nn(-c2ccccc2)c(C)c1CN(C)CC(=O)Nc1cccc(C#N)c1. The Bertz CT molecular complexity index is 1020. The van der Waals surface area contributed by atoms with Crippen molar-refractivity contribution >= 4 is 11.6 Å². The average molecular weight is 373 g/mol. The van der Waals surface area contributed by atoms with Crippen molar-refractivity contribution in [2.45, 2.75) is 20.4 Å². The van der Waals surface area contributed by atoms with Gasteiger partial charge in [-0.1, -0.05) is 24.3 Å². The highest BCUT2D eigenvalue weighted by atomic mass is 16.2. The van der Waals surface area contributed by atoms with Crippen molar-refractivity contribution in [3.05, 3.63) is 77.1 Å². The van der Waals surface area contributed by atoms with Crippen LogP contribution in [0.5, 0.6) is 0 Å². The fourth-order valence-corrected chi connectivity index (χ4v) is 3.16. The Morgan fingerprint density at radius 1 is 1.18 bits per heavy atom. The smallest absolute Gasteiger partial charge is 0.238 e. The van der Waals surface area contributed by atoms with E-state index in [1.165, 1.54) is 0 Å². The number of rotatable bonds is 6. The number of hydrogen-bond donors (Lipinski definition) is 1. The third-order valence-electron chi connectivity index (χ3n) is 4.56. The summed E-state index contributed by atoms with van der Waals surface area (Å²) in [4.78, 5) is 14.3. The Labute approximate surface area is 165 Å². The highest BCUT2D eigenvalue weighted by molar-refractivity contribution is 5.92. The lowest BCUT2D eigenvalue weighted by atomic mass is 10.2. The lowest BCUT2D eigenvalue weighted by molar-refractivity contribution is -0.117. The molecule has 0 aliphatic carbocycles. The van der Waals surface area contributed by atoms with Crippen molar-refractivity contribution < 1.29 is 4.79 Å². The molecule has 3 rings (SSSR count). The molecule has 0 saturated carbocycles. The lowest BCUT2D eigenvalue weighted by Gasteiger charge is -2.17. The van der Waals surface area contributed by atoms with E-state index in [9.17, 15) is 4.79 Å². The first-order valence-corrected chi connectivity index (χ1v) is 9.07. The van der Waals surface area contributed by atoms with E-state index < -0.39 is 0 Å². The minimum Gasteiger partial charge on any atom is -0.325 e. The van der Waals surface area contributed by atoms with Crippen LogP contribution in [0.2, 0.25) is 0 Å². The number of nitrogens with one attached hydrogen (secondary N) is 1. The molecule has 142 valence electrons. The molecular formula is C22H23N5O. The standard InChI is InChI=1S/C22H23N5O/c1-16-21(17(2)27(25-16)20-10-5-4-6-11-20)14-26(3)15-22(28)24-19-9-7-8-18(12-19)13-23/h4-12H,14-15H2,1-3H3,(H,24,28). The molecule has 0 unspecified atom stereocenters. The predicted octanol–water partition coefficient (Wildman–Crippen LogP) is 3.43. The van der Waals surface area contributed by atoms with Crippen LogP contribution >= 0.6 is 0 Å². The van der Waals surface area contributed by atoms with Crippen molar-refractivity contribution in [3.8, 4) is 11.8 Å². The molecule has 0 radical (unpaired) electrons. The Kier molecular flexibility index (Phi) is 5.87. The van der Waals surface area contributed by atoms with Gasteiger partial charge in [-0.25, -0.2) is 4.68 Å². The molecule has 0 fully saturated rings. The predicted molar refractivity (Wildman–Crippen MR) is 109 cm³/mol. The maximum atomic E-state index is 12.4. The monoisotopic (exact) mass is 373 g/mol. The van der Waals surface area contributed by atoms with Gasteiger partial charge in [0.1, 0.15) is 0 Å². The molecule has 28 heavy (non-hydrogen) atoms. The van der Waals surface area contributed by atoms with Crippen molar-refractivity contribution in [1.29, 1.82) is 5.26 Å². The van der Waals surface area contributed by atoms with Crippen LogP contribution in [0.4, 0.5) is 5.69 Å². The van der Waals surface area contributed by atoms with Crippen molar-refractivity contribution in [2.75, 3.05) is 18.9 Å². The zero-order valence-corrected chi connectivity index (χ0v) is 16.3. The second-order valence-electron chi connectivity index (χ2n) is 6.81. The number of aryl methyl sites for hydroxylation is 1. The van der Waals surface area contributed by atoms with Gasteiger partial charge in [0, 0.05) is 23.5 Å². The number of nitriles is 1. The summed E-state index contributed by atoms with van der Waals surface area (Å²) in [6.45, 7) is 4.90. The second-order valence-corrected chi connectivity index (χ2v) is 6.81. The molecule has 0 bridgehead atoms. The highest BCUT2D eigenvalue weighted by Gasteiger charge is 2.16. The summed E-state index contributed by atoms with van der Waals surface area (Å²) in [5.74, 6) is -0.122. The van der Waals surface area contributed by atoms with Crippen molar-refractivity contribution in [2.24, 2.45) is 0 Å². The molecule has 0 spiro atoms. The first-order valence-electron chi connectivity index (χ1n) is 9.07. The topological polar surface area (TPSA) is 74.0 Å². The van der Waals surface area contributed by atoms with E-state index in [1.807, 2.05) is 60.8 Å². The van der Waals surface area contributed by atoms with E-state index in [2.05, 4.69) is 16.5 Å². The van der Waals surface area contributed by atoms with Crippen LogP contribution in [0.3, 0.4) is 0 Å². The molecule has 6 heteroatoms. The number of likely N-dealkylation sites (N-methyl/N-ethyl adjacent to an activating group) is 1. The normalized spacial score (nSPS) is 10.7. The molecule has 1 heterocycles. The van der Waals surface area contributed by atoms with E-state index in [1.54, 1.807) is 24.3 Å². The maximum absolute atomic E-state index is 12.4. The van der Waals surface area contributed by atoms with Gasteiger partial charge < -0.3 is 5.32 Å². The van der Waals surface area contributed by atoms with Gasteiger partial charge >= 0.3 is 0 Å². The van der Waals surface area contributed by atoms with Gasteiger partial charge in [0.15, 0.2) is 0 Å². The van der Waals surface area contributed by atoms with Gasteiger partial charge in [-0.15, -0.1) is 0 Å². The van der Waals surface area contributed by atoms with E-state index in [0.29, 0.717) is 17.8 Å². The molecule has 0 aliphatic rings. The molecular weight excluding hydrogens is 350 g/mol. The number of nitrogens with zero attached hydrogens (tertiary/aromatic N) is 4. The van der Waals surface area contributed by atoms with Gasteiger partial charge in [0.2, 0.25) is 5.91 Å². The number of carbonyl (C=O) groups is 1. The molecule has 1 N–H and O–H groups in total. The summed E-state index contributed by atoms with van der Waals surface area (Å²) in [6, 6.07) is 19.0. The Hall–Kier alpha value is -3.43. The second kappa shape index (κ2) is 8.51. The summed E-state index contributed by atoms with van der Waals surface area (Å²) in [5.41, 5.74) is 5.30. The lowest BCUT2D eigenvalue weighted by Crippen LogP contribution is -2.30. The van der Waals surface area contributed by atoms with Gasteiger partial charge in [0.25, 0.3) is 0 Å². The van der Waals surface area contributed by atoms with Crippen LogP contribution < -0.4 is 5.32 Å². The van der Waals surface area contributed by atoms with Crippen LogP contribution in [0.25, 0.3) is 5.69 Å². The third kappa shape index (κ3) is 4.45. The van der Waals surface area contributed by atoms with Gasteiger partial charge in [0.05, 0.1) is 29.6 Å². The summed E-state index contributed by atoms with van der Waals surface area (Å²) in [7, 11) is 1.91. The first kappa shape index (κ1) is 19.3. The number of amides is 1. The molecule has 0 atom stereocenters. The summed E-state index contributed by atoms with van der Waals surface area (Å²) < 4.78 is 1.94. The van der Waals surface area contributed by atoms with Gasteiger partial charge in [-0.3, -0.25) is 9.69 Å². The van der Waals surface area contributed by atoms with Crippen molar-refractivity contribution in [1.82, 2.24) is 14.7 Å². The van der Waals surface area contributed by atoms with Gasteiger partial charge in [-0.05, 0) is 51.2 Å². The number of para-hydroxylation sites is 1. The van der Waals surface area contributed by atoms with E-state index in [4.69, 9.17) is 5.26 Å². The van der Waals surface area contributed by atoms with E-state index in [0.717, 1.165) is 22.6 Å². The average Bonchev–Trinajstić information content (AvgIpc) is 2.97. The minimum atomic E-state index is -0.122. The zero-order valence-electron chi connectivity index (χ0n) is 16.3. The maximum Gasteiger partial charge on any atom is 0.238 e. The number of benzene rings is 2. The quantitative estimate of drug-likeness (QED) is 0.718. The fourth-order valence-electron chi connectivity index (χ4n) is 3.16. The van der Waals surface area contributed by atoms with Crippen LogP contribution in [-0.4, -0.2) is 34.2 Å². The Morgan fingerprint density at radius 3 is 2.64 bits per heavy atom. The molecule has 2 aromatic carbocycles. The number of anilines is 1. The fraction of sp³-hybridized carbons (Fsp3) is 0.227. The minimum absolute atomic E-state index is 0.122. The first-order chi connectivity index (χ1) is 13.5. The number of aromatic nitrogens is 2. The molecule has 1 aromatic heterocycles. The summed E-state index contributed by atoms with van der Waals surface area (Å²) in [5, 5.41) is 16.5. The largest absolute Gasteiger partial charge is 0.325 e. The van der Waals surface area contributed by atoms with E-state index >= 15 is 0 Å². The number of carbonyl (C=O) groups excluding carboxylic acids is 1. The van der Waals surface area contributed by atoms with Crippen LogP contribution in [0.1, 0.15) is 22.5 Å². The Morgan fingerprint density at radius 2 is 1.93 bits per heavy atom. The van der Waals surface area contributed by atoms with Crippen molar-refractivity contribution in [3.63, 3.8) is 0 Å². The zero-order chi connectivity index (χ0) is 20.1. The molecule has 6 nitrogen and oxygen atoms in total. The van der Waals surface area contributed by atoms with E-state index in [-0.39, 0.29) is 12.5 Å². The highest BCUT2D eigenvalue weighted by Crippen LogP contribution is 2.19. The molecule has 1 amide bonds. The van der Waals surface area contributed by atoms with Crippen LogP contribution in [-0.2, 0) is 11.3 Å². The molecule has 0 saturated heterocycles. The van der Waals surface area contributed by atoms with Crippen LogP contribution in [0, 0.1) is 25.2 Å².